The minimum atomic E-state index is 0.344. The molecule has 1 heteroatoms. The van der Waals surface area contributed by atoms with Crippen LogP contribution in [0.5, 0.6) is 0 Å². The smallest absolute Gasteiger partial charge is 0.123 e. The van der Waals surface area contributed by atoms with Crippen LogP contribution in [0.4, 0.5) is 0 Å². The van der Waals surface area contributed by atoms with Gasteiger partial charge in [0.25, 0.3) is 0 Å². The maximum atomic E-state index is 10.6. The average molecular weight is 170 g/mol. The molecule has 0 bridgehead atoms. The number of hydrogen-bond acceptors (Lipinski definition) is 1. The van der Waals surface area contributed by atoms with Crippen molar-refractivity contribution in [2.24, 2.45) is 5.92 Å². The van der Waals surface area contributed by atoms with Crippen molar-refractivity contribution in [2.45, 2.75) is 58.8 Å². The minimum Gasteiger partial charge on any atom is -0.303 e. The highest BCUT2D eigenvalue weighted by molar-refractivity contribution is 5.53. The van der Waals surface area contributed by atoms with Gasteiger partial charge in [0.2, 0.25) is 0 Å². The second-order valence-electron chi connectivity index (χ2n) is 3.53. The summed E-state index contributed by atoms with van der Waals surface area (Å²) in [7, 11) is 0. The van der Waals surface area contributed by atoms with Crippen LogP contribution < -0.4 is 0 Å². The van der Waals surface area contributed by atoms with E-state index in [1.807, 2.05) is 0 Å². The molecule has 12 heavy (non-hydrogen) atoms. The highest BCUT2D eigenvalue weighted by Crippen LogP contribution is 2.14. The normalized spacial score (nSPS) is 12.8. The summed E-state index contributed by atoms with van der Waals surface area (Å²) < 4.78 is 0. The zero-order valence-corrected chi connectivity index (χ0v) is 8.51. The van der Waals surface area contributed by atoms with Gasteiger partial charge in [0, 0.05) is 5.92 Å². The Bertz CT molecular complexity index is 99.2. The third-order valence-corrected chi connectivity index (χ3v) is 2.30. The van der Waals surface area contributed by atoms with Crippen molar-refractivity contribution >= 4 is 6.29 Å². The fourth-order valence-corrected chi connectivity index (χ4v) is 1.40. The van der Waals surface area contributed by atoms with Crippen molar-refractivity contribution in [3.8, 4) is 0 Å². The molecule has 1 atom stereocenters. The number of rotatable bonds is 8. The molecule has 0 fully saturated rings. The predicted molar refractivity (Wildman–Crippen MR) is 53.2 cm³/mol. The number of carbonyl (C=O) groups excluding carboxylic acids is 1. The quantitative estimate of drug-likeness (QED) is 0.402. The summed E-state index contributed by atoms with van der Waals surface area (Å²) in [6, 6.07) is 0. The van der Waals surface area contributed by atoms with E-state index in [1.54, 1.807) is 0 Å². The van der Waals surface area contributed by atoms with Gasteiger partial charge in [-0.1, -0.05) is 46.0 Å². The number of carbonyl (C=O) groups is 1. The van der Waals surface area contributed by atoms with E-state index in [0.717, 1.165) is 19.1 Å². The molecular formula is C11H22O. The van der Waals surface area contributed by atoms with Crippen LogP contribution in [0.15, 0.2) is 0 Å². The fraction of sp³-hybridized carbons (Fsp3) is 0.909. The van der Waals surface area contributed by atoms with E-state index >= 15 is 0 Å². The summed E-state index contributed by atoms with van der Waals surface area (Å²) in [4.78, 5) is 10.6. The van der Waals surface area contributed by atoms with Crippen LogP contribution in [0.1, 0.15) is 58.8 Å². The Morgan fingerprint density at radius 1 is 1.00 bits per heavy atom. The molecule has 0 rings (SSSR count). The molecule has 0 aromatic heterocycles. The van der Waals surface area contributed by atoms with Crippen molar-refractivity contribution in [2.75, 3.05) is 0 Å². The zero-order valence-electron chi connectivity index (χ0n) is 8.51. The molecule has 0 saturated heterocycles. The first-order valence-corrected chi connectivity index (χ1v) is 5.30. The molecule has 72 valence electrons. The Balaban J connectivity index is 3.32. The largest absolute Gasteiger partial charge is 0.303 e. The van der Waals surface area contributed by atoms with Gasteiger partial charge in [0.05, 0.1) is 0 Å². The van der Waals surface area contributed by atoms with Gasteiger partial charge in [-0.05, 0) is 12.8 Å². The lowest BCUT2D eigenvalue weighted by Gasteiger charge is -2.07. The lowest BCUT2D eigenvalue weighted by atomic mass is 9.97. The van der Waals surface area contributed by atoms with Crippen molar-refractivity contribution < 1.29 is 4.79 Å². The Hall–Kier alpha value is -0.330. The molecule has 0 N–H and O–H groups in total. The van der Waals surface area contributed by atoms with Crippen LogP contribution in [-0.2, 0) is 4.79 Å². The number of unbranched alkanes of at least 4 members (excludes halogenated alkanes) is 3. The molecule has 0 spiro atoms. The first-order valence-electron chi connectivity index (χ1n) is 5.30. The lowest BCUT2D eigenvalue weighted by molar-refractivity contribution is -0.111. The van der Waals surface area contributed by atoms with E-state index in [1.165, 1.54) is 32.1 Å². The van der Waals surface area contributed by atoms with Gasteiger partial charge in [-0.3, -0.25) is 0 Å². The molecule has 0 radical (unpaired) electrons. The highest BCUT2D eigenvalue weighted by atomic mass is 16.1. The van der Waals surface area contributed by atoms with Gasteiger partial charge in [-0.15, -0.1) is 0 Å². The van der Waals surface area contributed by atoms with Crippen LogP contribution in [0.3, 0.4) is 0 Å². The molecule has 0 heterocycles. The van der Waals surface area contributed by atoms with Gasteiger partial charge in [0.1, 0.15) is 6.29 Å². The third-order valence-electron chi connectivity index (χ3n) is 2.30. The minimum absolute atomic E-state index is 0.344. The van der Waals surface area contributed by atoms with E-state index in [2.05, 4.69) is 13.8 Å². The fourth-order valence-electron chi connectivity index (χ4n) is 1.40. The summed E-state index contributed by atoms with van der Waals surface area (Å²) in [5.74, 6) is 0.344. The maximum absolute atomic E-state index is 10.6. The summed E-state index contributed by atoms with van der Waals surface area (Å²) in [5.41, 5.74) is 0. The van der Waals surface area contributed by atoms with Crippen LogP contribution in [-0.4, -0.2) is 6.29 Å². The monoisotopic (exact) mass is 170 g/mol. The molecule has 0 saturated carbocycles. The molecule has 0 aliphatic rings. The van der Waals surface area contributed by atoms with E-state index in [-0.39, 0.29) is 0 Å². The highest BCUT2D eigenvalue weighted by Gasteiger charge is 2.05. The second kappa shape index (κ2) is 8.76. The van der Waals surface area contributed by atoms with E-state index in [0.29, 0.717) is 5.92 Å². The molecule has 0 amide bonds. The van der Waals surface area contributed by atoms with Crippen LogP contribution in [0, 0.1) is 5.92 Å². The molecule has 0 aliphatic carbocycles. The van der Waals surface area contributed by atoms with Gasteiger partial charge in [-0.25, -0.2) is 0 Å². The molecule has 0 aliphatic heterocycles. The van der Waals surface area contributed by atoms with E-state index in [4.69, 9.17) is 0 Å². The zero-order chi connectivity index (χ0) is 9.23. The van der Waals surface area contributed by atoms with Crippen LogP contribution in [0.25, 0.3) is 0 Å². The lowest BCUT2D eigenvalue weighted by Crippen LogP contribution is -2.01. The van der Waals surface area contributed by atoms with Gasteiger partial charge in [-0.2, -0.15) is 0 Å². The van der Waals surface area contributed by atoms with Crippen molar-refractivity contribution in [1.82, 2.24) is 0 Å². The molecule has 0 aromatic rings. The van der Waals surface area contributed by atoms with Gasteiger partial charge < -0.3 is 4.79 Å². The molecule has 0 aromatic carbocycles. The third kappa shape index (κ3) is 6.38. The van der Waals surface area contributed by atoms with E-state index < -0.39 is 0 Å². The Morgan fingerprint density at radius 2 is 1.58 bits per heavy atom. The predicted octanol–water partition coefficient (Wildman–Crippen LogP) is 3.57. The topological polar surface area (TPSA) is 17.1 Å². The molecule has 0 unspecified atom stereocenters. The SMILES string of the molecule is CCCCC[C@H](C=O)CCCC. The second-order valence-corrected chi connectivity index (χ2v) is 3.53. The van der Waals surface area contributed by atoms with Crippen molar-refractivity contribution in [1.29, 1.82) is 0 Å². The summed E-state index contributed by atoms with van der Waals surface area (Å²) in [5, 5.41) is 0. The van der Waals surface area contributed by atoms with Crippen molar-refractivity contribution in [3.63, 3.8) is 0 Å². The van der Waals surface area contributed by atoms with Gasteiger partial charge in [0.15, 0.2) is 0 Å². The van der Waals surface area contributed by atoms with Crippen LogP contribution >= 0.6 is 0 Å². The Kier molecular flexibility index (Phi) is 8.52. The van der Waals surface area contributed by atoms with Gasteiger partial charge >= 0.3 is 0 Å². The Labute approximate surface area is 76.6 Å². The molecular weight excluding hydrogens is 148 g/mol. The summed E-state index contributed by atoms with van der Waals surface area (Å²) in [6.07, 6.45) is 9.51. The number of aldehydes is 1. The average Bonchev–Trinajstić information content (AvgIpc) is 2.11. The molecule has 1 nitrogen and oxygen atoms in total. The summed E-state index contributed by atoms with van der Waals surface area (Å²) >= 11 is 0. The van der Waals surface area contributed by atoms with E-state index in [9.17, 15) is 4.79 Å². The van der Waals surface area contributed by atoms with Crippen LogP contribution in [0.2, 0.25) is 0 Å². The first-order chi connectivity index (χ1) is 5.85. The van der Waals surface area contributed by atoms with Crippen molar-refractivity contribution in [3.05, 3.63) is 0 Å². The Morgan fingerprint density at radius 3 is 2.08 bits per heavy atom. The summed E-state index contributed by atoms with van der Waals surface area (Å²) in [6.45, 7) is 4.37. The number of hydrogen-bond donors (Lipinski definition) is 0. The maximum Gasteiger partial charge on any atom is 0.123 e. The standard InChI is InChI=1S/C11H22O/c1-3-5-7-9-11(10-12)8-6-4-2/h10-11H,3-9H2,1-2H3/t11-/m1/s1. The first kappa shape index (κ1) is 11.7.